The molecule has 1 aliphatic rings. The third kappa shape index (κ3) is 7.36. The zero-order chi connectivity index (χ0) is 27.0. The standard InChI is InChI=1S/C29H29FN8O/c1-37-17-19-38(20-18-37)28-35-26(16-7-21-5-3-2-4-6-21)34-27(36-28)31-23-12-14-25(15-13-23)33-29(39)32-24-10-8-22(30)9-11-24/h2-16H,17-20H2,1H3,(H2,32,33,39)(H,31,34,35,36). The van der Waals surface area contributed by atoms with Crippen LogP contribution >= 0.6 is 0 Å². The Morgan fingerprint density at radius 1 is 0.769 bits per heavy atom. The van der Waals surface area contributed by atoms with Crippen molar-refractivity contribution >= 4 is 47.1 Å². The van der Waals surface area contributed by atoms with Crippen LogP contribution < -0.4 is 20.9 Å². The van der Waals surface area contributed by atoms with Gasteiger partial charge in [-0.3, -0.25) is 0 Å². The Morgan fingerprint density at radius 3 is 2.05 bits per heavy atom. The number of carbonyl (C=O) groups is 1. The molecule has 1 aromatic heterocycles. The first-order valence-corrected chi connectivity index (χ1v) is 12.6. The number of aromatic nitrogens is 3. The molecule has 5 rings (SSSR count). The average Bonchev–Trinajstić information content (AvgIpc) is 2.95. The summed E-state index contributed by atoms with van der Waals surface area (Å²) in [4.78, 5) is 30.7. The van der Waals surface area contributed by atoms with Gasteiger partial charge >= 0.3 is 6.03 Å². The first-order chi connectivity index (χ1) is 19.0. The largest absolute Gasteiger partial charge is 0.338 e. The molecule has 0 spiro atoms. The van der Waals surface area contributed by atoms with Gasteiger partial charge in [-0.05, 0) is 67.2 Å². The van der Waals surface area contributed by atoms with Crippen LogP contribution in [-0.2, 0) is 0 Å². The van der Waals surface area contributed by atoms with Crippen molar-refractivity contribution in [1.29, 1.82) is 0 Å². The normalized spacial score (nSPS) is 13.8. The fraction of sp³-hybridized carbons (Fsp3) is 0.172. The van der Waals surface area contributed by atoms with Gasteiger partial charge in [-0.1, -0.05) is 36.4 Å². The number of amides is 2. The van der Waals surface area contributed by atoms with Gasteiger partial charge in [0.1, 0.15) is 5.82 Å². The molecule has 0 unspecified atom stereocenters. The van der Waals surface area contributed by atoms with E-state index in [4.69, 9.17) is 4.98 Å². The number of anilines is 5. The van der Waals surface area contributed by atoms with Crippen LogP contribution in [0, 0.1) is 5.82 Å². The van der Waals surface area contributed by atoms with Gasteiger partial charge in [0.05, 0.1) is 0 Å². The van der Waals surface area contributed by atoms with E-state index < -0.39 is 6.03 Å². The number of nitrogens with zero attached hydrogens (tertiary/aromatic N) is 5. The highest BCUT2D eigenvalue weighted by Gasteiger charge is 2.18. The van der Waals surface area contributed by atoms with Crippen LogP contribution in [0.4, 0.5) is 38.1 Å². The van der Waals surface area contributed by atoms with Gasteiger partial charge in [-0.15, -0.1) is 0 Å². The van der Waals surface area contributed by atoms with Crippen LogP contribution in [0.15, 0.2) is 78.9 Å². The lowest BCUT2D eigenvalue weighted by molar-refractivity contribution is 0.262. The Bertz CT molecular complexity index is 1420. The van der Waals surface area contributed by atoms with Crippen molar-refractivity contribution in [2.24, 2.45) is 0 Å². The second-order valence-electron chi connectivity index (χ2n) is 9.14. The Kier molecular flexibility index (Phi) is 8.03. The number of hydrogen-bond acceptors (Lipinski definition) is 7. The fourth-order valence-corrected chi connectivity index (χ4v) is 3.99. The maximum Gasteiger partial charge on any atom is 0.323 e. The van der Waals surface area contributed by atoms with Crippen molar-refractivity contribution in [3.05, 3.63) is 96.1 Å². The third-order valence-electron chi connectivity index (χ3n) is 6.15. The summed E-state index contributed by atoms with van der Waals surface area (Å²) >= 11 is 0. The van der Waals surface area contributed by atoms with Crippen molar-refractivity contribution in [3.63, 3.8) is 0 Å². The van der Waals surface area contributed by atoms with E-state index in [1.165, 1.54) is 24.3 Å². The van der Waals surface area contributed by atoms with E-state index in [-0.39, 0.29) is 5.82 Å². The van der Waals surface area contributed by atoms with E-state index in [0.29, 0.717) is 29.1 Å². The number of carbonyl (C=O) groups excluding carboxylic acids is 1. The number of halogens is 1. The smallest absolute Gasteiger partial charge is 0.323 e. The molecular weight excluding hydrogens is 495 g/mol. The van der Waals surface area contributed by atoms with Crippen molar-refractivity contribution < 1.29 is 9.18 Å². The minimum atomic E-state index is -0.425. The zero-order valence-corrected chi connectivity index (χ0v) is 21.5. The summed E-state index contributed by atoms with van der Waals surface area (Å²) < 4.78 is 13.1. The molecule has 2 heterocycles. The SMILES string of the molecule is CN1CCN(c2nc(C=Cc3ccccc3)nc(Nc3ccc(NC(=O)Nc4ccc(F)cc4)cc3)n2)CC1. The lowest BCUT2D eigenvalue weighted by atomic mass is 10.2. The molecule has 39 heavy (non-hydrogen) atoms. The minimum Gasteiger partial charge on any atom is -0.338 e. The van der Waals surface area contributed by atoms with E-state index in [1.54, 1.807) is 12.1 Å². The summed E-state index contributed by atoms with van der Waals surface area (Å²) in [7, 11) is 2.11. The number of hydrogen-bond donors (Lipinski definition) is 3. The van der Waals surface area contributed by atoms with Gasteiger partial charge in [-0.2, -0.15) is 15.0 Å². The molecular formula is C29H29FN8O. The molecule has 0 radical (unpaired) electrons. The predicted octanol–water partition coefficient (Wildman–Crippen LogP) is 5.32. The van der Waals surface area contributed by atoms with Crippen molar-refractivity contribution in [2.45, 2.75) is 0 Å². The van der Waals surface area contributed by atoms with Crippen molar-refractivity contribution in [3.8, 4) is 0 Å². The van der Waals surface area contributed by atoms with E-state index in [0.717, 1.165) is 37.4 Å². The molecule has 1 saturated heterocycles. The number of rotatable bonds is 7. The Balaban J connectivity index is 1.29. The van der Waals surface area contributed by atoms with Gasteiger partial charge < -0.3 is 25.8 Å². The Morgan fingerprint density at radius 2 is 1.38 bits per heavy atom. The topological polar surface area (TPSA) is 98.3 Å². The van der Waals surface area contributed by atoms with Gasteiger partial charge in [0.15, 0.2) is 5.82 Å². The summed E-state index contributed by atoms with van der Waals surface area (Å²) in [6.07, 6.45) is 3.86. The molecule has 3 aromatic carbocycles. The fourth-order valence-electron chi connectivity index (χ4n) is 3.99. The molecule has 3 N–H and O–H groups in total. The summed E-state index contributed by atoms with van der Waals surface area (Å²) in [6.45, 7) is 3.55. The summed E-state index contributed by atoms with van der Waals surface area (Å²) in [5, 5.41) is 8.69. The number of piperazine rings is 1. The quantitative estimate of drug-likeness (QED) is 0.301. The molecule has 0 bridgehead atoms. The average molecular weight is 525 g/mol. The lowest BCUT2D eigenvalue weighted by Gasteiger charge is -2.32. The third-order valence-corrected chi connectivity index (χ3v) is 6.15. The molecule has 0 saturated carbocycles. The molecule has 2 amide bonds. The molecule has 0 aliphatic carbocycles. The first kappa shape index (κ1) is 25.8. The van der Waals surface area contributed by atoms with Crippen LogP contribution in [0.3, 0.4) is 0 Å². The van der Waals surface area contributed by atoms with Gasteiger partial charge in [0.2, 0.25) is 11.9 Å². The Labute approximate surface area is 226 Å². The van der Waals surface area contributed by atoms with E-state index >= 15 is 0 Å². The number of urea groups is 1. The molecule has 0 atom stereocenters. The molecule has 9 nitrogen and oxygen atoms in total. The van der Waals surface area contributed by atoms with Crippen LogP contribution in [0.25, 0.3) is 12.2 Å². The molecule has 1 aliphatic heterocycles. The zero-order valence-electron chi connectivity index (χ0n) is 21.5. The second-order valence-corrected chi connectivity index (χ2v) is 9.14. The van der Waals surface area contributed by atoms with Crippen molar-refractivity contribution in [2.75, 3.05) is 54.1 Å². The summed E-state index contributed by atoms with van der Waals surface area (Å²) in [5.41, 5.74) is 2.91. The Hall–Kier alpha value is -4.83. The molecule has 1 fully saturated rings. The number of nitrogens with one attached hydrogen (secondary N) is 3. The highest BCUT2D eigenvalue weighted by Crippen LogP contribution is 2.20. The highest BCUT2D eigenvalue weighted by atomic mass is 19.1. The van der Waals surface area contributed by atoms with Gasteiger partial charge in [-0.25, -0.2) is 9.18 Å². The first-order valence-electron chi connectivity index (χ1n) is 12.6. The van der Waals surface area contributed by atoms with E-state index in [1.807, 2.05) is 54.6 Å². The van der Waals surface area contributed by atoms with Crippen LogP contribution in [0.1, 0.15) is 11.4 Å². The maximum atomic E-state index is 13.1. The van der Waals surface area contributed by atoms with Crippen molar-refractivity contribution in [1.82, 2.24) is 19.9 Å². The van der Waals surface area contributed by atoms with Crippen LogP contribution in [0.5, 0.6) is 0 Å². The minimum absolute atomic E-state index is 0.364. The lowest BCUT2D eigenvalue weighted by Crippen LogP contribution is -2.45. The highest BCUT2D eigenvalue weighted by molar-refractivity contribution is 5.99. The number of benzene rings is 3. The van der Waals surface area contributed by atoms with Gasteiger partial charge in [0.25, 0.3) is 0 Å². The number of likely N-dealkylation sites (N-methyl/N-ethyl adjacent to an activating group) is 1. The predicted molar refractivity (Wildman–Crippen MR) is 154 cm³/mol. The maximum absolute atomic E-state index is 13.1. The van der Waals surface area contributed by atoms with Crippen LogP contribution in [-0.4, -0.2) is 59.1 Å². The summed E-state index contributed by atoms with van der Waals surface area (Å²) in [5.74, 6) is 1.25. The summed E-state index contributed by atoms with van der Waals surface area (Å²) in [6, 6.07) is 22.3. The van der Waals surface area contributed by atoms with Crippen LogP contribution in [0.2, 0.25) is 0 Å². The van der Waals surface area contributed by atoms with Gasteiger partial charge in [0, 0.05) is 43.2 Å². The molecule has 4 aromatic rings. The monoisotopic (exact) mass is 524 g/mol. The second kappa shape index (κ2) is 12.1. The molecule has 198 valence electrons. The molecule has 10 heteroatoms. The van der Waals surface area contributed by atoms with E-state index in [2.05, 4.69) is 42.8 Å². The van der Waals surface area contributed by atoms with E-state index in [9.17, 15) is 9.18 Å².